The van der Waals surface area contributed by atoms with E-state index in [2.05, 4.69) is 4.98 Å². The van der Waals surface area contributed by atoms with Gasteiger partial charge in [0.15, 0.2) is 11.3 Å². The molecular formula is C13H17FN2O3. The number of ether oxygens (including phenoxy) is 1. The summed E-state index contributed by atoms with van der Waals surface area (Å²) in [6.07, 6.45) is 0.527. The number of nitrogens with zero attached hydrogens (tertiary/aromatic N) is 1. The molecule has 1 aromatic heterocycles. The molecule has 5 nitrogen and oxygen atoms in total. The van der Waals surface area contributed by atoms with Gasteiger partial charge in [-0.25, -0.2) is 4.79 Å². The molecule has 0 aliphatic heterocycles. The van der Waals surface area contributed by atoms with E-state index in [1.54, 1.807) is 18.2 Å². The fraction of sp³-hybridized carbons (Fsp3) is 0.462. The molecule has 0 radical (unpaired) electrons. The predicted octanol–water partition coefficient (Wildman–Crippen LogP) is 1.79. The maximum atomic E-state index is 12.0. The predicted molar refractivity (Wildman–Crippen MR) is 70.4 cm³/mol. The minimum absolute atomic E-state index is 0.307. The van der Waals surface area contributed by atoms with Gasteiger partial charge in [-0.15, -0.1) is 0 Å². The zero-order chi connectivity index (χ0) is 13.7. The molecule has 2 rings (SSSR count). The van der Waals surface area contributed by atoms with Crippen molar-refractivity contribution in [3.05, 3.63) is 28.7 Å². The van der Waals surface area contributed by atoms with Gasteiger partial charge in [0.2, 0.25) is 0 Å². The molecule has 104 valence electrons. The molecule has 0 saturated carbocycles. The fourth-order valence-corrected chi connectivity index (χ4v) is 1.81. The van der Waals surface area contributed by atoms with Crippen molar-refractivity contribution in [3.8, 4) is 5.75 Å². The molecule has 0 atom stereocenters. The lowest BCUT2D eigenvalue weighted by atomic mass is 10.3. The molecule has 0 aliphatic rings. The van der Waals surface area contributed by atoms with Crippen LogP contribution in [0.1, 0.15) is 6.42 Å². The monoisotopic (exact) mass is 268 g/mol. The van der Waals surface area contributed by atoms with E-state index in [0.717, 1.165) is 0 Å². The number of alkyl halides is 1. The van der Waals surface area contributed by atoms with Gasteiger partial charge < -0.3 is 14.1 Å². The topological polar surface area (TPSA) is 58.5 Å². The average molecular weight is 268 g/mol. The highest BCUT2D eigenvalue weighted by molar-refractivity contribution is 5.78. The third-order valence-corrected chi connectivity index (χ3v) is 2.81. The summed E-state index contributed by atoms with van der Waals surface area (Å²) in [6.45, 7) is 1.53. The molecule has 1 heterocycles. The number of H-pyrrole nitrogens is 1. The Morgan fingerprint density at radius 3 is 3.05 bits per heavy atom. The Labute approximate surface area is 110 Å². The van der Waals surface area contributed by atoms with Crippen molar-refractivity contribution < 1.29 is 13.5 Å². The van der Waals surface area contributed by atoms with Gasteiger partial charge in [-0.3, -0.25) is 9.37 Å². The summed E-state index contributed by atoms with van der Waals surface area (Å²) >= 11 is 0. The van der Waals surface area contributed by atoms with Gasteiger partial charge in [-0.1, -0.05) is 6.07 Å². The van der Waals surface area contributed by atoms with Crippen LogP contribution in [0.25, 0.3) is 11.1 Å². The van der Waals surface area contributed by atoms with Crippen LogP contribution in [0.15, 0.2) is 27.4 Å². The summed E-state index contributed by atoms with van der Waals surface area (Å²) in [7, 11) is 1.91. The number of oxazole rings is 1. The number of aromatic amines is 1. The first-order valence-corrected chi connectivity index (χ1v) is 6.20. The summed E-state index contributed by atoms with van der Waals surface area (Å²) in [5.74, 6) is 0.0425. The molecule has 1 aromatic carbocycles. The van der Waals surface area contributed by atoms with E-state index in [4.69, 9.17) is 9.15 Å². The van der Waals surface area contributed by atoms with Crippen LogP contribution in [0.2, 0.25) is 0 Å². The lowest BCUT2D eigenvalue weighted by Crippen LogP contribution is -2.25. The molecule has 0 bridgehead atoms. The van der Waals surface area contributed by atoms with Gasteiger partial charge in [-0.05, 0) is 25.6 Å². The quantitative estimate of drug-likeness (QED) is 0.831. The normalized spacial score (nSPS) is 11.3. The van der Waals surface area contributed by atoms with Crippen LogP contribution >= 0.6 is 0 Å². The largest absolute Gasteiger partial charge is 0.488 e. The van der Waals surface area contributed by atoms with Crippen molar-refractivity contribution >= 4 is 11.1 Å². The van der Waals surface area contributed by atoms with Crippen LogP contribution in [0.5, 0.6) is 5.75 Å². The number of halogens is 1. The molecule has 2 aromatic rings. The van der Waals surface area contributed by atoms with E-state index < -0.39 is 5.76 Å². The molecular weight excluding hydrogens is 251 g/mol. The second kappa shape index (κ2) is 6.38. The SMILES string of the molecule is CN(CCCF)CCOc1cccc2[nH]c(=O)oc12. The van der Waals surface area contributed by atoms with E-state index >= 15 is 0 Å². The molecule has 0 aliphatic carbocycles. The Morgan fingerprint density at radius 2 is 2.26 bits per heavy atom. The number of aromatic nitrogens is 1. The Morgan fingerprint density at radius 1 is 1.42 bits per heavy atom. The standard InChI is InChI=1S/C13H17FN2O3/c1-16(7-3-6-14)8-9-18-11-5-2-4-10-12(11)19-13(17)15-10/h2,4-5H,3,6-9H2,1H3,(H,15,17). The van der Waals surface area contributed by atoms with Gasteiger partial charge in [0, 0.05) is 13.1 Å². The van der Waals surface area contributed by atoms with Crippen LogP contribution in [0, 0.1) is 0 Å². The Balaban J connectivity index is 1.93. The first-order chi connectivity index (χ1) is 9.20. The first-order valence-electron chi connectivity index (χ1n) is 6.20. The Hall–Kier alpha value is -1.82. The molecule has 0 fully saturated rings. The maximum absolute atomic E-state index is 12.0. The summed E-state index contributed by atoms with van der Waals surface area (Å²) in [4.78, 5) is 15.7. The number of benzene rings is 1. The number of nitrogens with one attached hydrogen (secondary N) is 1. The Bertz CT molecular complexity index is 579. The zero-order valence-electron chi connectivity index (χ0n) is 10.8. The molecule has 1 N–H and O–H groups in total. The zero-order valence-corrected chi connectivity index (χ0v) is 10.8. The van der Waals surface area contributed by atoms with Crippen LogP contribution in [0.3, 0.4) is 0 Å². The second-order valence-electron chi connectivity index (χ2n) is 4.34. The lowest BCUT2D eigenvalue weighted by molar-refractivity contribution is 0.231. The number of para-hydroxylation sites is 1. The smallest absolute Gasteiger partial charge is 0.417 e. The number of rotatable bonds is 7. The fourth-order valence-electron chi connectivity index (χ4n) is 1.81. The molecule has 0 amide bonds. The van der Waals surface area contributed by atoms with Crippen molar-refractivity contribution in [2.45, 2.75) is 6.42 Å². The van der Waals surface area contributed by atoms with Gasteiger partial charge in [-0.2, -0.15) is 0 Å². The third-order valence-electron chi connectivity index (χ3n) is 2.81. The molecule has 0 saturated heterocycles. The van der Waals surface area contributed by atoms with E-state index in [-0.39, 0.29) is 6.67 Å². The summed E-state index contributed by atoms with van der Waals surface area (Å²) in [5.41, 5.74) is 1.05. The summed E-state index contributed by atoms with van der Waals surface area (Å²) in [6, 6.07) is 5.29. The average Bonchev–Trinajstić information content (AvgIpc) is 2.77. The number of likely N-dealkylation sites (N-methyl/N-ethyl adjacent to an activating group) is 1. The lowest BCUT2D eigenvalue weighted by Gasteiger charge is -2.15. The highest BCUT2D eigenvalue weighted by atomic mass is 19.1. The number of fused-ring (bicyclic) bond motifs is 1. The summed E-state index contributed by atoms with van der Waals surface area (Å²) in [5, 5.41) is 0. The number of hydrogen-bond donors (Lipinski definition) is 1. The van der Waals surface area contributed by atoms with Gasteiger partial charge in [0.25, 0.3) is 0 Å². The van der Waals surface area contributed by atoms with Gasteiger partial charge in [0.05, 0.1) is 12.2 Å². The van der Waals surface area contributed by atoms with Crippen molar-refractivity contribution in [2.24, 2.45) is 0 Å². The van der Waals surface area contributed by atoms with Crippen LogP contribution < -0.4 is 10.5 Å². The van der Waals surface area contributed by atoms with Crippen molar-refractivity contribution in [3.63, 3.8) is 0 Å². The van der Waals surface area contributed by atoms with Crippen molar-refractivity contribution in [1.29, 1.82) is 0 Å². The van der Waals surface area contributed by atoms with Crippen LogP contribution in [-0.4, -0.2) is 43.3 Å². The van der Waals surface area contributed by atoms with E-state index in [1.807, 2.05) is 11.9 Å². The third kappa shape index (κ3) is 3.57. The Kier molecular flexibility index (Phi) is 4.57. The minimum atomic E-state index is -0.494. The van der Waals surface area contributed by atoms with Crippen LogP contribution in [-0.2, 0) is 0 Å². The molecule has 19 heavy (non-hydrogen) atoms. The van der Waals surface area contributed by atoms with Gasteiger partial charge >= 0.3 is 5.76 Å². The van der Waals surface area contributed by atoms with Crippen LogP contribution in [0.4, 0.5) is 4.39 Å². The van der Waals surface area contributed by atoms with Gasteiger partial charge in [0.1, 0.15) is 6.61 Å². The summed E-state index contributed by atoms with van der Waals surface area (Å²) < 4.78 is 22.6. The number of hydrogen-bond acceptors (Lipinski definition) is 4. The minimum Gasteiger partial charge on any atom is -0.488 e. The van der Waals surface area contributed by atoms with Crippen molar-refractivity contribution in [2.75, 3.05) is 33.4 Å². The maximum Gasteiger partial charge on any atom is 0.417 e. The van der Waals surface area contributed by atoms with E-state index in [9.17, 15) is 9.18 Å². The highest BCUT2D eigenvalue weighted by Crippen LogP contribution is 2.22. The molecule has 6 heteroatoms. The molecule has 0 unspecified atom stereocenters. The first kappa shape index (κ1) is 13.6. The highest BCUT2D eigenvalue weighted by Gasteiger charge is 2.08. The molecule has 0 spiro atoms. The second-order valence-corrected chi connectivity index (χ2v) is 4.34. The van der Waals surface area contributed by atoms with Crippen molar-refractivity contribution in [1.82, 2.24) is 9.88 Å². The van der Waals surface area contributed by atoms with E-state index in [0.29, 0.717) is 43.0 Å². The van der Waals surface area contributed by atoms with E-state index in [1.165, 1.54) is 0 Å².